The van der Waals surface area contributed by atoms with E-state index >= 15 is 0 Å². The smallest absolute Gasteiger partial charge is 0.337 e. The van der Waals surface area contributed by atoms with E-state index in [2.05, 4.69) is 20.0 Å². The van der Waals surface area contributed by atoms with Gasteiger partial charge in [0.05, 0.1) is 23.9 Å². The summed E-state index contributed by atoms with van der Waals surface area (Å²) in [5, 5.41) is 2.81. The Balaban J connectivity index is 1.61. The van der Waals surface area contributed by atoms with Gasteiger partial charge in [-0.1, -0.05) is 12.1 Å². The van der Waals surface area contributed by atoms with Gasteiger partial charge in [0.15, 0.2) is 0 Å². The molecule has 1 aliphatic rings. The first kappa shape index (κ1) is 18.6. The maximum Gasteiger partial charge on any atom is 0.337 e. The second-order valence-electron chi connectivity index (χ2n) is 6.62. The van der Waals surface area contributed by atoms with Crippen LogP contribution in [-0.4, -0.2) is 35.5 Å². The van der Waals surface area contributed by atoms with Gasteiger partial charge in [0.25, 0.3) is 5.91 Å². The number of nitrogens with zero attached hydrogens (tertiary/aromatic N) is 1. The van der Waals surface area contributed by atoms with Crippen LogP contribution in [0.25, 0.3) is 23.2 Å². The summed E-state index contributed by atoms with van der Waals surface area (Å²) in [5.74, 6) is -1.06. The molecule has 1 aliphatic heterocycles. The van der Waals surface area contributed by atoms with Crippen LogP contribution in [0.15, 0.2) is 48.7 Å². The molecule has 0 fully saturated rings. The lowest BCUT2D eigenvalue weighted by molar-refractivity contribution is 0.0600. The van der Waals surface area contributed by atoms with Crippen molar-refractivity contribution in [3.05, 3.63) is 76.7 Å². The van der Waals surface area contributed by atoms with Gasteiger partial charge in [0.2, 0.25) is 0 Å². The molecule has 0 radical (unpaired) electrons. The number of methoxy groups -OCH3 is 1. The first-order chi connectivity index (χ1) is 14.0. The third-order valence-electron chi connectivity index (χ3n) is 4.75. The molecule has 0 aliphatic carbocycles. The second kappa shape index (κ2) is 7.71. The van der Waals surface area contributed by atoms with Crippen LogP contribution in [0.2, 0.25) is 0 Å². The number of carbonyl (C=O) groups excluding carboxylic acids is 2. The number of carbonyl (C=O) groups is 2. The molecule has 2 aromatic heterocycles. The molecular formula is C22H18FN3O3. The van der Waals surface area contributed by atoms with Gasteiger partial charge in [-0.2, -0.15) is 0 Å². The zero-order chi connectivity index (χ0) is 20.4. The van der Waals surface area contributed by atoms with E-state index in [4.69, 9.17) is 0 Å². The van der Waals surface area contributed by atoms with Gasteiger partial charge in [-0.05, 0) is 42.0 Å². The Bertz CT molecular complexity index is 1120. The Kier molecular flexibility index (Phi) is 4.95. The lowest BCUT2D eigenvalue weighted by atomic mass is 10.1. The number of amides is 1. The van der Waals surface area contributed by atoms with Crippen molar-refractivity contribution in [2.45, 2.75) is 6.42 Å². The van der Waals surface area contributed by atoms with Crippen molar-refractivity contribution in [3.63, 3.8) is 0 Å². The number of aromatic nitrogens is 2. The van der Waals surface area contributed by atoms with Gasteiger partial charge < -0.3 is 15.0 Å². The van der Waals surface area contributed by atoms with Crippen LogP contribution in [0.3, 0.4) is 0 Å². The summed E-state index contributed by atoms with van der Waals surface area (Å²) in [7, 11) is 1.31. The Morgan fingerprint density at radius 1 is 1.21 bits per heavy atom. The summed E-state index contributed by atoms with van der Waals surface area (Å²) in [6, 6.07) is 11.6. The van der Waals surface area contributed by atoms with E-state index in [0.29, 0.717) is 23.2 Å². The third-order valence-corrected chi connectivity index (χ3v) is 4.75. The number of hydrogen-bond donors (Lipinski definition) is 2. The Morgan fingerprint density at radius 3 is 2.72 bits per heavy atom. The van der Waals surface area contributed by atoms with Gasteiger partial charge in [0.1, 0.15) is 5.83 Å². The summed E-state index contributed by atoms with van der Waals surface area (Å²) in [6.45, 7) is 0.597. The average molecular weight is 391 g/mol. The fourth-order valence-electron chi connectivity index (χ4n) is 3.23. The fourth-order valence-corrected chi connectivity index (χ4v) is 3.23. The summed E-state index contributed by atoms with van der Waals surface area (Å²) >= 11 is 0. The molecular weight excluding hydrogens is 373 g/mol. The molecule has 3 aromatic rings. The number of aromatic amines is 1. The van der Waals surface area contributed by atoms with E-state index < -0.39 is 11.8 Å². The van der Waals surface area contributed by atoms with E-state index in [-0.39, 0.29) is 11.6 Å². The van der Waals surface area contributed by atoms with Crippen molar-refractivity contribution in [2.24, 2.45) is 0 Å². The number of fused-ring (bicyclic) bond motifs is 1. The molecule has 0 saturated carbocycles. The van der Waals surface area contributed by atoms with Crippen molar-refractivity contribution in [1.29, 1.82) is 0 Å². The summed E-state index contributed by atoms with van der Waals surface area (Å²) < 4.78 is 19.4. The van der Waals surface area contributed by atoms with Crippen LogP contribution in [0.1, 0.15) is 37.7 Å². The molecule has 0 spiro atoms. The number of hydrogen-bond acceptors (Lipinski definition) is 4. The van der Waals surface area contributed by atoms with E-state index in [1.807, 2.05) is 0 Å². The number of esters is 1. The first-order valence-corrected chi connectivity index (χ1v) is 9.07. The molecule has 29 heavy (non-hydrogen) atoms. The standard InChI is InChI=1S/C22H18FN3O3/c1-29-22(28)14-4-2-13(3-5-14)10-17(23)20-11-15(6-8-24-20)19-12-16-18(26-19)7-9-25-21(16)27/h2-6,8,10-12,26H,7,9H2,1H3,(H,25,27)/b17-10-. The van der Waals surface area contributed by atoms with Crippen molar-refractivity contribution in [3.8, 4) is 11.3 Å². The monoisotopic (exact) mass is 391 g/mol. The molecule has 2 N–H and O–H groups in total. The highest BCUT2D eigenvalue weighted by Gasteiger charge is 2.20. The third kappa shape index (κ3) is 3.80. The molecule has 146 valence electrons. The lowest BCUT2D eigenvalue weighted by Gasteiger charge is -2.10. The number of pyridine rings is 1. The number of halogens is 1. The second-order valence-corrected chi connectivity index (χ2v) is 6.62. The highest BCUT2D eigenvalue weighted by Crippen LogP contribution is 2.27. The fraction of sp³-hybridized carbons (Fsp3) is 0.136. The summed E-state index contributed by atoms with van der Waals surface area (Å²) in [4.78, 5) is 30.8. The molecule has 0 atom stereocenters. The number of rotatable bonds is 4. The average Bonchev–Trinajstić information content (AvgIpc) is 3.20. The Labute approximate surface area is 166 Å². The van der Waals surface area contributed by atoms with E-state index in [9.17, 15) is 14.0 Å². The van der Waals surface area contributed by atoms with Crippen LogP contribution in [0.5, 0.6) is 0 Å². The predicted molar refractivity (Wildman–Crippen MR) is 107 cm³/mol. The van der Waals surface area contributed by atoms with Gasteiger partial charge in [0, 0.05) is 36.1 Å². The molecule has 7 heteroatoms. The number of nitrogens with one attached hydrogen (secondary N) is 2. The first-order valence-electron chi connectivity index (χ1n) is 9.07. The van der Waals surface area contributed by atoms with Crippen LogP contribution in [-0.2, 0) is 11.2 Å². The summed E-state index contributed by atoms with van der Waals surface area (Å²) in [6.07, 6.45) is 3.60. The van der Waals surface area contributed by atoms with Gasteiger partial charge >= 0.3 is 5.97 Å². The van der Waals surface area contributed by atoms with E-state index in [1.54, 1.807) is 42.5 Å². The minimum atomic E-state index is -0.508. The zero-order valence-corrected chi connectivity index (χ0v) is 15.7. The van der Waals surface area contributed by atoms with Crippen molar-refractivity contribution in [2.75, 3.05) is 13.7 Å². The molecule has 0 bridgehead atoms. The minimum absolute atomic E-state index is 0.107. The number of benzene rings is 1. The SMILES string of the molecule is COC(=O)c1ccc(/C=C(\F)c2cc(-c3cc4c([nH]3)CCNC4=O)ccn2)cc1. The minimum Gasteiger partial charge on any atom is -0.465 e. The maximum absolute atomic E-state index is 14.8. The lowest BCUT2D eigenvalue weighted by Crippen LogP contribution is -2.31. The molecule has 3 heterocycles. The molecule has 1 amide bonds. The molecule has 0 unspecified atom stereocenters. The van der Waals surface area contributed by atoms with E-state index in [1.165, 1.54) is 19.4 Å². The van der Waals surface area contributed by atoms with Crippen LogP contribution < -0.4 is 5.32 Å². The predicted octanol–water partition coefficient (Wildman–Crippen LogP) is 3.62. The largest absolute Gasteiger partial charge is 0.465 e. The highest BCUT2D eigenvalue weighted by atomic mass is 19.1. The topological polar surface area (TPSA) is 84.1 Å². The number of H-pyrrole nitrogens is 1. The molecule has 6 nitrogen and oxygen atoms in total. The van der Waals surface area contributed by atoms with E-state index in [0.717, 1.165) is 23.4 Å². The number of ether oxygens (including phenoxy) is 1. The Hall–Kier alpha value is -3.74. The molecule has 0 saturated heterocycles. The maximum atomic E-state index is 14.8. The highest BCUT2D eigenvalue weighted by molar-refractivity contribution is 5.97. The van der Waals surface area contributed by atoms with Gasteiger partial charge in [-0.25, -0.2) is 9.18 Å². The normalized spacial score (nSPS) is 13.6. The van der Waals surface area contributed by atoms with Gasteiger partial charge in [-0.15, -0.1) is 0 Å². The molecule has 4 rings (SSSR count). The van der Waals surface area contributed by atoms with Crippen LogP contribution in [0, 0.1) is 0 Å². The van der Waals surface area contributed by atoms with Crippen molar-refractivity contribution >= 4 is 23.8 Å². The van der Waals surface area contributed by atoms with Crippen molar-refractivity contribution in [1.82, 2.24) is 15.3 Å². The summed E-state index contributed by atoms with van der Waals surface area (Å²) in [5.41, 5.74) is 4.14. The quantitative estimate of drug-likeness (QED) is 0.666. The molecule has 1 aromatic carbocycles. The van der Waals surface area contributed by atoms with Crippen LogP contribution >= 0.6 is 0 Å². The van der Waals surface area contributed by atoms with Crippen LogP contribution in [0.4, 0.5) is 4.39 Å². The zero-order valence-electron chi connectivity index (χ0n) is 15.7. The van der Waals surface area contributed by atoms with Crippen molar-refractivity contribution < 1.29 is 18.7 Å². The van der Waals surface area contributed by atoms with Gasteiger partial charge in [-0.3, -0.25) is 9.78 Å². The Morgan fingerprint density at radius 2 is 2.00 bits per heavy atom.